The van der Waals surface area contributed by atoms with Gasteiger partial charge in [-0.1, -0.05) is 6.92 Å². The third-order valence-electron chi connectivity index (χ3n) is 3.16. The lowest BCUT2D eigenvalue weighted by molar-refractivity contribution is 0.472. The molecule has 2 unspecified atom stereocenters. The van der Waals surface area contributed by atoms with E-state index in [-0.39, 0.29) is 6.04 Å². The van der Waals surface area contributed by atoms with Crippen LogP contribution in [0.15, 0.2) is 26.6 Å². The summed E-state index contributed by atoms with van der Waals surface area (Å²) in [4.78, 5) is 1.16. The molecule has 3 nitrogen and oxygen atoms in total. The molecule has 0 saturated heterocycles. The molecule has 2 aromatic rings. The number of nitrogens with two attached hydrogens (primary N) is 1. The standard InChI is InChI=1S/C13H17Br2N3S/c1-3-8(2)18-5-4-9(17-18)6-11(16)12-7-10(14)13(15)19-12/h4-5,7-8,11H,3,6,16H2,1-2H3. The number of rotatable bonds is 5. The molecule has 0 fully saturated rings. The second kappa shape index (κ2) is 6.52. The Bertz CT molecular complexity index is 530. The summed E-state index contributed by atoms with van der Waals surface area (Å²) >= 11 is 8.66. The van der Waals surface area contributed by atoms with Gasteiger partial charge in [-0.05, 0) is 57.3 Å². The molecule has 19 heavy (non-hydrogen) atoms. The fourth-order valence-electron chi connectivity index (χ4n) is 1.79. The quantitative estimate of drug-likeness (QED) is 0.782. The Hall–Kier alpha value is -0.170. The molecule has 0 saturated carbocycles. The number of nitrogens with zero attached hydrogens (tertiary/aromatic N) is 2. The fraction of sp³-hybridized carbons (Fsp3) is 0.462. The SMILES string of the molecule is CCC(C)n1ccc(CC(N)c2cc(Br)c(Br)s2)n1. The van der Waals surface area contributed by atoms with Crippen LogP contribution in [0, 0.1) is 0 Å². The Morgan fingerprint density at radius 3 is 2.79 bits per heavy atom. The van der Waals surface area contributed by atoms with Crippen molar-refractivity contribution in [2.45, 2.75) is 38.8 Å². The second-order valence-corrected chi connectivity index (χ2v) is 7.88. The predicted molar refractivity (Wildman–Crippen MR) is 87.6 cm³/mol. The lowest BCUT2D eigenvalue weighted by Gasteiger charge is -2.09. The minimum Gasteiger partial charge on any atom is -0.323 e. The predicted octanol–water partition coefficient (Wildman–Crippen LogP) is 4.68. The molecule has 2 rings (SSSR count). The zero-order valence-corrected chi connectivity index (χ0v) is 14.9. The van der Waals surface area contributed by atoms with Crippen LogP contribution in [0.5, 0.6) is 0 Å². The number of thiophene rings is 1. The van der Waals surface area contributed by atoms with Gasteiger partial charge in [0.2, 0.25) is 0 Å². The second-order valence-electron chi connectivity index (χ2n) is 4.63. The van der Waals surface area contributed by atoms with E-state index in [2.05, 4.69) is 62.9 Å². The molecule has 0 radical (unpaired) electrons. The summed E-state index contributed by atoms with van der Waals surface area (Å²) in [5.41, 5.74) is 7.30. The monoisotopic (exact) mass is 405 g/mol. The maximum Gasteiger partial charge on any atom is 0.0843 e. The zero-order chi connectivity index (χ0) is 14.0. The largest absolute Gasteiger partial charge is 0.323 e. The molecule has 0 aromatic carbocycles. The number of hydrogen-bond donors (Lipinski definition) is 1. The summed E-state index contributed by atoms with van der Waals surface area (Å²) in [7, 11) is 0. The van der Waals surface area contributed by atoms with E-state index in [0.29, 0.717) is 6.04 Å². The minimum absolute atomic E-state index is 0.00659. The van der Waals surface area contributed by atoms with Crippen molar-refractivity contribution in [2.24, 2.45) is 5.73 Å². The van der Waals surface area contributed by atoms with Gasteiger partial charge in [0, 0.05) is 34.1 Å². The molecule has 6 heteroatoms. The van der Waals surface area contributed by atoms with Gasteiger partial charge in [0.1, 0.15) is 0 Å². The van der Waals surface area contributed by atoms with Crippen molar-refractivity contribution in [3.8, 4) is 0 Å². The lowest BCUT2D eigenvalue weighted by Crippen LogP contribution is -2.13. The van der Waals surface area contributed by atoms with Crippen LogP contribution in [-0.2, 0) is 6.42 Å². The Kier molecular flexibility index (Phi) is 5.22. The summed E-state index contributed by atoms with van der Waals surface area (Å²) in [6.45, 7) is 4.34. The van der Waals surface area contributed by atoms with E-state index in [1.807, 2.05) is 10.9 Å². The molecule has 104 valence electrons. The first-order valence-corrected chi connectivity index (χ1v) is 8.65. The van der Waals surface area contributed by atoms with Crippen LogP contribution in [0.2, 0.25) is 0 Å². The highest BCUT2D eigenvalue weighted by molar-refractivity contribution is 9.13. The van der Waals surface area contributed by atoms with Crippen molar-refractivity contribution in [3.63, 3.8) is 0 Å². The van der Waals surface area contributed by atoms with Crippen molar-refractivity contribution in [1.29, 1.82) is 0 Å². The first kappa shape index (κ1) is 15.2. The van der Waals surface area contributed by atoms with Crippen LogP contribution in [0.3, 0.4) is 0 Å². The summed E-state index contributed by atoms with van der Waals surface area (Å²) in [6, 6.07) is 4.57. The van der Waals surface area contributed by atoms with Crippen molar-refractivity contribution < 1.29 is 0 Å². The van der Waals surface area contributed by atoms with E-state index in [9.17, 15) is 0 Å². The van der Waals surface area contributed by atoms with Crippen LogP contribution in [0.25, 0.3) is 0 Å². The Morgan fingerprint density at radius 2 is 2.21 bits per heavy atom. The van der Waals surface area contributed by atoms with Gasteiger partial charge >= 0.3 is 0 Å². The molecule has 0 bridgehead atoms. The van der Waals surface area contributed by atoms with E-state index in [1.165, 1.54) is 0 Å². The van der Waals surface area contributed by atoms with Gasteiger partial charge in [0.15, 0.2) is 0 Å². The topological polar surface area (TPSA) is 43.8 Å². The van der Waals surface area contributed by atoms with E-state index in [1.54, 1.807) is 11.3 Å². The molecule has 0 aliphatic rings. The summed E-state index contributed by atoms with van der Waals surface area (Å²) in [6.07, 6.45) is 3.89. The van der Waals surface area contributed by atoms with Gasteiger partial charge in [-0.2, -0.15) is 5.10 Å². The number of hydrogen-bond acceptors (Lipinski definition) is 3. The van der Waals surface area contributed by atoms with Gasteiger partial charge < -0.3 is 5.73 Å². The third kappa shape index (κ3) is 3.68. The van der Waals surface area contributed by atoms with Gasteiger partial charge in [-0.3, -0.25) is 4.68 Å². The smallest absolute Gasteiger partial charge is 0.0843 e. The average molecular weight is 407 g/mol. The van der Waals surface area contributed by atoms with Crippen LogP contribution < -0.4 is 5.73 Å². The Morgan fingerprint density at radius 1 is 1.47 bits per heavy atom. The Labute approximate surface area is 134 Å². The van der Waals surface area contributed by atoms with Gasteiger partial charge in [0.05, 0.1) is 9.48 Å². The molecule has 2 heterocycles. The highest BCUT2D eigenvalue weighted by Crippen LogP contribution is 2.35. The number of aromatic nitrogens is 2. The highest BCUT2D eigenvalue weighted by Gasteiger charge is 2.14. The van der Waals surface area contributed by atoms with E-state index in [0.717, 1.165) is 31.7 Å². The zero-order valence-electron chi connectivity index (χ0n) is 10.9. The summed E-state index contributed by atoms with van der Waals surface area (Å²) in [5, 5.41) is 4.59. The van der Waals surface area contributed by atoms with Crippen LogP contribution in [0.4, 0.5) is 0 Å². The normalized spacial score (nSPS) is 14.6. The fourth-order valence-corrected chi connectivity index (χ4v) is 3.88. The molecular formula is C13H17Br2N3S. The van der Waals surface area contributed by atoms with Crippen molar-refractivity contribution >= 4 is 43.2 Å². The molecule has 2 aromatic heterocycles. The first-order valence-electron chi connectivity index (χ1n) is 6.25. The number of halogens is 2. The third-order valence-corrected chi connectivity index (χ3v) is 6.55. The van der Waals surface area contributed by atoms with E-state index in [4.69, 9.17) is 5.73 Å². The lowest BCUT2D eigenvalue weighted by atomic mass is 10.1. The van der Waals surface area contributed by atoms with Gasteiger partial charge in [-0.15, -0.1) is 11.3 Å². The maximum atomic E-state index is 6.25. The van der Waals surface area contributed by atoms with Crippen molar-refractivity contribution in [3.05, 3.63) is 37.2 Å². The molecule has 2 atom stereocenters. The van der Waals surface area contributed by atoms with E-state index < -0.39 is 0 Å². The van der Waals surface area contributed by atoms with Crippen molar-refractivity contribution in [2.75, 3.05) is 0 Å². The van der Waals surface area contributed by atoms with Crippen LogP contribution in [-0.4, -0.2) is 9.78 Å². The first-order chi connectivity index (χ1) is 9.01. The van der Waals surface area contributed by atoms with Gasteiger partial charge in [-0.25, -0.2) is 0 Å². The van der Waals surface area contributed by atoms with Gasteiger partial charge in [0.25, 0.3) is 0 Å². The van der Waals surface area contributed by atoms with Crippen LogP contribution >= 0.6 is 43.2 Å². The summed E-state index contributed by atoms with van der Waals surface area (Å²) in [5.74, 6) is 0. The Balaban J connectivity index is 2.06. The minimum atomic E-state index is -0.00659. The van der Waals surface area contributed by atoms with Crippen LogP contribution in [0.1, 0.15) is 42.9 Å². The molecule has 0 aliphatic heterocycles. The summed E-state index contributed by atoms with van der Waals surface area (Å²) < 4.78 is 4.17. The molecule has 0 amide bonds. The average Bonchev–Trinajstić information content (AvgIpc) is 2.97. The molecule has 2 N–H and O–H groups in total. The maximum absolute atomic E-state index is 6.25. The molecular weight excluding hydrogens is 390 g/mol. The van der Waals surface area contributed by atoms with Crippen molar-refractivity contribution in [1.82, 2.24) is 9.78 Å². The molecule has 0 spiro atoms. The highest BCUT2D eigenvalue weighted by atomic mass is 79.9. The molecule has 0 aliphatic carbocycles. The van der Waals surface area contributed by atoms with E-state index >= 15 is 0 Å².